The van der Waals surface area contributed by atoms with Gasteiger partial charge in [-0.3, -0.25) is 9.59 Å². The molecule has 0 bridgehead atoms. The first-order chi connectivity index (χ1) is 10.4. The van der Waals surface area contributed by atoms with Crippen molar-refractivity contribution in [2.24, 2.45) is 0 Å². The molecule has 0 unspecified atom stereocenters. The van der Waals surface area contributed by atoms with Gasteiger partial charge in [-0.2, -0.15) is 0 Å². The number of ether oxygens (including phenoxy) is 1. The van der Waals surface area contributed by atoms with E-state index in [4.69, 9.17) is 9.84 Å². The van der Waals surface area contributed by atoms with Gasteiger partial charge < -0.3 is 15.2 Å². The average molecular weight is 309 g/mol. The first kappa shape index (κ1) is 16.3. The molecule has 1 aliphatic rings. The Kier molecular flexibility index (Phi) is 5.00. The van der Waals surface area contributed by atoms with Crippen LogP contribution in [0.2, 0.25) is 0 Å². The molecule has 0 aliphatic heterocycles. The number of amides is 1. The number of halogens is 1. The maximum Gasteiger partial charge on any atom is 0.305 e. The summed E-state index contributed by atoms with van der Waals surface area (Å²) in [6.45, 7) is 1.47. The van der Waals surface area contributed by atoms with Gasteiger partial charge in [0.15, 0.2) is 18.2 Å². The fourth-order valence-corrected chi connectivity index (χ4v) is 2.88. The molecule has 0 saturated heterocycles. The fraction of sp³-hybridized carbons (Fsp3) is 0.500. The second-order valence-corrected chi connectivity index (χ2v) is 5.83. The van der Waals surface area contributed by atoms with Crippen LogP contribution in [0.5, 0.6) is 5.75 Å². The average Bonchev–Trinajstić information content (AvgIpc) is 2.87. The fourth-order valence-electron chi connectivity index (χ4n) is 2.88. The molecule has 1 amide bonds. The zero-order valence-electron chi connectivity index (χ0n) is 12.5. The molecule has 0 aromatic heterocycles. The molecule has 1 aromatic carbocycles. The molecule has 2 N–H and O–H groups in total. The van der Waals surface area contributed by atoms with E-state index in [1.54, 1.807) is 13.0 Å². The van der Waals surface area contributed by atoms with Crippen LogP contribution in [0.15, 0.2) is 18.2 Å². The lowest BCUT2D eigenvalue weighted by Gasteiger charge is -2.28. The summed E-state index contributed by atoms with van der Waals surface area (Å²) < 4.78 is 18.7. The van der Waals surface area contributed by atoms with E-state index < -0.39 is 23.2 Å². The minimum Gasteiger partial charge on any atom is -0.481 e. The number of nitrogens with one attached hydrogen (secondary N) is 1. The summed E-state index contributed by atoms with van der Waals surface area (Å²) in [5, 5.41) is 11.8. The number of aryl methyl sites for hydroxylation is 1. The van der Waals surface area contributed by atoms with Crippen molar-refractivity contribution in [3.8, 4) is 5.75 Å². The number of hydrogen-bond acceptors (Lipinski definition) is 3. The summed E-state index contributed by atoms with van der Waals surface area (Å²) in [5.41, 5.74) is 0.132. The van der Waals surface area contributed by atoms with Crippen molar-refractivity contribution in [2.45, 2.75) is 44.6 Å². The Morgan fingerprint density at radius 2 is 2.05 bits per heavy atom. The second-order valence-electron chi connectivity index (χ2n) is 5.83. The highest BCUT2D eigenvalue weighted by Crippen LogP contribution is 2.32. The van der Waals surface area contributed by atoms with Crippen molar-refractivity contribution in [3.63, 3.8) is 0 Å². The van der Waals surface area contributed by atoms with Gasteiger partial charge >= 0.3 is 5.97 Å². The topological polar surface area (TPSA) is 75.6 Å². The number of aliphatic carboxylic acids is 1. The molecular weight excluding hydrogens is 289 g/mol. The van der Waals surface area contributed by atoms with Crippen LogP contribution in [0.3, 0.4) is 0 Å². The lowest BCUT2D eigenvalue weighted by molar-refractivity contribution is -0.139. The number of benzene rings is 1. The highest BCUT2D eigenvalue weighted by Gasteiger charge is 2.37. The zero-order valence-corrected chi connectivity index (χ0v) is 12.5. The summed E-state index contributed by atoms with van der Waals surface area (Å²) in [7, 11) is 0. The molecule has 0 heterocycles. The minimum atomic E-state index is -0.937. The Morgan fingerprint density at radius 1 is 1.36 bits per heavy atom. The Labute approximate surface area is 128 Å². The number of carbonyl (C=O) groups is 2. The van der Waals surface area contributed by atoms with Gasteiger partial charge in [0.05, 0.1) is 12.0 Å². The van der Waals surface area contributed by atoms with Gasteiger partial charge in [-0.05, 0) is 37.5 Å². The Morgan fingerprint density at radius 3 is 2.68 bits per heavy atom. The van der Waals surface area contributed by atoms with E-state index in [1.165, 1.54) is 12.1 Å². The Balaban J connectivity index is 1.94. The van der Waals surface area contributed by atoms with Gasteiger partial charge in [-0.15, -0.1) is 0 Å². The number of carbonyl (C=O) groups excluding carboxylic acids is 1. The summed E-state index contributed by atoms with van der Waals surface area (Å²) in [6, 6.07) is 4.42. The smallest absolute Gasteiger partial charge is 0.305 e. The van der Waals surface area contributed by atoms with E-state index >= 15 is 0 Å². The maximum atomic E-state index is 13.5. The second kappa shape index (κ2) is 6.77. The quantitative estimate of drug-likeness (QED) is 0.846. The van der Waals surface area contributed by atoms with Crippen molar-refractivity contribution < 1.29 is 23.8 Å². The third-order valence-corrected chi connectivity index (χ3v) is 3.90. The molecule has 1 aliphatic carbocycles. The molecule has 5 nitrogen and oxygen atoms in total. The molecule has 0 radical (unpaired) electrons. The lowest BCUT2D eigenvalue weighted by atomic mass is 9.93. The molecule has 2 rings (SSSR count). The number of rotatable bonds is 6. The third-order valence-electron chi connectivity index (χ3n) is 3.90. The first-order valence-corrected chi connectivity index (χ1v) is 7.32. The predicted octanol–water partition coefficient (Wildman–Crippen LogP) is 2.42. The predicted molar refractivity (Wildman–Crippen MR) is 78.2 cm³/mol. The van der Waals surface area contributed by atoms with Gasteiger partial charge in [0.1, 0.15) is 0 Å². The molecule has 0 spiro atoms. The van der Waals surface area contributed by atoms with E-state index in [9.17, 15) is 14.0 Å². The van der Waals surface area contributed by atoms with Crippen molar-refractivity contribution in [1.29, 1.82) is 0 Å². The van der Waals surface area contributed by atoms with Gasteiger partial charge in [0, 0.05) is 0 Å². The monoisotopic (exact) mass is 309 g/mol. The molecule has 22 heavy (non-hydrogen) atoms. The molecule has 0 atom stereocenters. The van der Waals surface area contributed by atoms with E-state index in [0.717, 1.165) is 18.4 Å². The first-order valence-electron chi connectivity index (χ1n) is 7.32. The van der Waals surface area contributed by atoms with Gasteiger partial charge in [-0.25, -0.2) is 4.39 Å². The van der Waals surface area contributed by atoms with Crippen LogP contribution in [0.4, 0.5) is 4.39 Å². The standard InChI is InChI=1S/C16H20FNO4/c1-11-4-5-12(17)13(8-11)22-10-14(19)18-16(9-15(20)21)6-2-3-7-16/h4-5,8H,2-3,6-7,9-10H2,1H3,(H,18,19)(H,20,21). The van der Waals surface area contributed by atoms with Crippen LogP contribution < -0.4 is 10.1 Å². The Hall–Kier alpha value is -2.11. The largest absolute Gasteiger partial charge is 0.481 e. The molecule has 1 saturated carbocycles. The van der Waals surface area contributed by atoms with Gasteiger partial charge in [0.2, 0.25) is 0 Å². The zero-order chi connectivity index (χ0) is 16.2. The highest BCUT2D eigenvalue weighted by atomic mass is 19.1. The van der Waals surface area contributed by atoms with E-state index in [-0.39, 0.29) is 18.8 Å². The van der Waals surface area contributed by atoms with E-state index in [1.807, 2.05) is 0 Å². The maximum absolute atomic E-state index is 13.5. The highest BCUT2D eigenvalue weighted by molar-refractivity contribution is 5.79. The van der Waals surface area contributed by atoms with Gasteiger partial charge in [-0.1, -0.05) is 18.9 Å². The summed E-state index contributed by atoms with van der Waals surface area (Å²) in [4.78, 5) is 23.0. The van der Waals surface area contributed by atoms with Crippen LogP contribution in [0, 0.1) is 12.7 Å². The molecule has 1 aromatic rings. The number of hydrogen-bond donors (Lipinski definition) is 2. The van der Waals surface area contributed by atoms with Crippen LogP contribution in [0.1, 0.15) is 37.7 Å². The van der Waals surface area contributed by atoms with E-state index in [0.29, 0.717) is 12.8 Å². The molecule has 6 heteroatoms. The summed E-state index contributed by atoms with van der Waals surface area (Å²) in [6.07, 6.45) is 2.97. The molecular formula is C16H20FNO4. The van der Waals surface area contributed by atoms with Crippen molar-refractivity contribution in [3.05, 3.63) is 29.6 Å². The Bertz CT molecular complexity index is 567. The van der Waals surface area contributed by atoms with Crippen LogP contribution in [-0.2, 0) is 9.59 Å². The summed E-state index contributed by atoms with van der Waals surface area (Å²) in [5.74, 6) is -1.87. The third kappa shape index (κ3) is 4.19. The normalized spacial score (nSPS) is 16.3. The van der Waals surface area contributed by atoms with Crippen molar-refractivity contribution >= 4 is 11.9 Å². The van der Waals surface area contributed by atoms with E-state index in [2.05, 4.69) is 5.32 Å². The number of carboxylic acid groups (broad SMARTS) is 1. The van der Waals surface area contributed by atoms with Crippen LogP contribution in [-0.4, -0.2) is 29.1 Å². The van der Waals surface area contributed by atoms with Crippen LogP contribution >= 0.6 is 0 Å². The lowest BCUT2D eigenvalue weighted by Crippen LogP contribution is -2.49. The minimum absolute atomic E-state index is 0.0221. The van der Waals surface area contributed by atoms with Gasteiger partial charge in [0.25, 0.3) is 5.91 Å². The SMILES string of the molecule is Cc1ccc(F)c(OCC(=O)NC2(CC(=O)O)CCCC2)c1. The molecule has 1 fully saturated rings. The van der Waals surface area contributed by atoms with Crippen LogP contribution in [0.25, 0.3) is 0 Å². The van der Waals surface area contributed by atoms with Crippen molar-refractivity contribution in [1.82, 2.24) is 5.32 Å². The van der Waals surface area contributed by atoms with Crippen molar-refractivity contribution in [2.75, 3.05) is 6.61 Å². The molecule has 120 valence electrons. The summed E-state index contributed by atoms with van der Waals surface area (Å²) >= 11 is 0. The number of carboxylic acids is 1.